The van der Waals surface area contributed by atoms with Gasteiger partial charge in [-0.2, -0.15) is 0 Å². The van der Waals surface area contributed by atoms with E-state index in [0.717, 1.165) is 31.6 Å². The van der Waals surface area contributed by atoms with E-state index in [1.54, 1.807) is 4.90 Å². The SMILES string of the molecule is CCc1ccccc1N1CCN(C(=O)Nc2ccc(F)c(F)c2)CC1. The van der Waals surface area contributed by atoms with Gasteiger partial charge in [0.1, 0.15) is 0 Å². The summed E-state index contributed by atoms with van der Waals surface area (Å²) in [6, 6.07) is 11.3. The Labute approximate surface area is 146 Å². The van der Waals surface area contributed by atoms with Gasteiger partial charge in [0.2, 0.25) is 0 Å². The smallest absolute Gasteiger partial charge is 0.321 e. The Balaban J connectivity index is 1.60. The van der Waals surface area contributed by atoms with Crippen LogP contribution in [0.4, 0.5) is 25.0 Å². The number of nitrogens with one attached hydrogen (secondary N) is 1. The van der Waals surface area contributed by atoms with E-state index >= 15 is 0 Å². The summed E-state index contributed by atoms with van der Waals surface area (Å²) in [4.78, 5) is 16.3. The lowest BCUT2D eigenvalue weighted by Crippen LogP contribution is -2.50. The molecule has 1 aliphatic rings. The molecular weight excluding hydrogens is 324 g/mol. The topological polar surface area (TPSA) is 35.6 Å². The van der Waals surface area contributed by atoms with Crippen LogP contribution >= 0.6 is 0 Å². The minimum Gasteiger partial charge on any atom is -0.368 e. The van der Waals surface area contributed by atoms with E-state index in [0.29, 0.717) is 13.1 Å². The summed E-state index contributed by atoms with van der Waals surface area (Å²) < 4.78 is 26.2. The highest BCUT2D eigenvalue weighted by Crippen LogP contribution is 2.22. The highest BCUT2D eigenvalue weighted by molar-refractivity contribution is 5.89. The summed E-state index contributed by atoms with van der Waals surface area (Å²) in [6.07, 6.45) is 0.965. The second kappa shape index (κ2) is 7.51. The molecule has 0 aliphatic carbocycles. The lowest BCUT2D eigenvalue weighted by Gasteiger charge is -2.37. The zero-order valence-corrected chi connectivity index (χ0v) is 14.1. The first-order valence-corrected chi connectivity index (χ1v) is 8.42. The lowest BCUT2D eigenvalue weighted by molar-refractivity contribution is 0.208. The Bertz CT molecular complexity index is 758. The molecule has 0 unspecified atom stereocenters. The highest BCUT2D eigenvalue weighted by atomic mass is 19.2. The van der Waals surface area contributed by atoms with Crippen LogP contribution in [0.5, 0.6) is 0 Å². The fourth-order valence-corrected chi connectivity index (χ4v) is 3.05. The number of hydrogen-bond acceptors (Lipinski definition) is 2. The number of nitrogens with zero attached hydrogens (tertiary/aromatic N) is 2. The Morgan fingerprint density at radius 3 is 2.44 bits per heavy atom. The van der Waals surface area contributed by atoms with Crippen molar-refractivity contribution < 1.29 is 13.6 Å². The second-order valence-electron chi connectivity index (χ2n) is 6.02. The molecule has 6 heteroatoms. The number of benzene rings is 2. The molecule has 132 valence electrons. The molecule has 25 heavy (non-hydrogen) atoms. The van der Waals surface area contributed by atoms with Crippen molar-refractivity contribution in [3.05, 3.63) is 59.7 Å². The number of aryl methyl sites for hydroxylation is 1. The van der Waals surface area contributed by atoms with Crippen LogP contribution in [0.1, 0.15) is 12.5 Å². The minimum absolute atomic E-state index is 0.252. The van der Waals surface area contributed by atoms with Gasteiger partial charge in [-0.15, -0.1) is 0 Å². The fourth-order valence-electron chi connectivity index (χ4n) is 3.05. The van der Waals surface area contributed by atoms with Crippen LogP contribution < -0.4 is 10.2 Å². The van der Waals surface area contributed by atoms with Crippen molar-refractivity contribution in [2.24, 2.45) is 0 Å². The zero-order valence-electron chi connectivity index (χ0n) is 14.1. The molecule has 1 fully saturated rings. The van der Waals surface area contributed by atoms with Crippen molar-refractivity contribution >= 4 is 17.4 Å². The third kappa shape index (κ3) is 3.90. The summed E-state index contributed by atoms with van der Waals surface area (Å²) in [5.74, 6) is -1.90. The van der Waals surface area contributed by atoms with Crippen LogP contribution in [0, 0.1) is 11.6 Å². The van der Waals surface area contributed by atoms with Crippen molar-refractivity contribution in [3.63, 3.8) is 0 Å². The first-order chi connectivity index (χ1) is 12.1. The van der Waals surface area contributed by atoms with Gasteiger partial charge in [0, 0.05) is 43.6 Å². The molecule has 1 heterocycles. The molecule has 3 rings (SSSR count). The molecule has 1 N–H and O–H groups in total. The van der Waals surface area contributed by atoms with E-state index in [2.05, 4.69) is 29.3 Å². The second-order valence-corrected chi connectivity index (χ2v) is 6.02. The van der Waals surface area contributed by atoms with Gasteiger partial charge in [-0.3, -0.25) is 0 Å². The van der Waals surface area contributed by atoms with Crippen molar-refractivity contribution in [1.82, 2.24) is 4.90 Å². The van der Waals surface area contributed by atoms with Gasteiger partial charge in [0.15, 0.2) is 11.6 Å². The average molecular weight is 345 g/mol. The number of carbonyl (C=O) groups is 1. The maximum Gasteiger partial charge on any atom is 0.321 e. The molecule has 2 aromatic rings. The standard InChI is InChI=1S/C19H21F2N3O/c1-2-14-5-3-4-6-18(14)23-9-11-24(12-10-23)19(25)22-15-7-8-16(20)17(21)13-15/h3-8,13H,2,9-12H2,1H3,(H,22,25). The summed E-state index contributed by atoms with van der Waals surface area (Å²) in [5.41, 5.74) is 2.76. The number of piperazine rings is 1. The summed E-state index contributed by atoms with van der Waals surface area (Å²) in [7, 11) is 0. The lowest BCUT2D eigenvalue weighted by atomic mass is 10.1. The zero-order chi connectivity index (χ0) is 17.8. The van der Waals surface area contributed by atoms with Gasteiger partial charge in [-0.05, 0) is 30.2 Å². The first kappa shape index (κ1) is 17.2. The molecule has 0 spiro atoms. The first-order valence-electron chi connectivity index (χ1n) is 8.42. The summed E-state index contributed by atoms with van der Waals surface area (Å²) in [5, 5.41) is 2.62. The molecule has 0 atom stereocenters. The van der Waals surface area contributed by atoms with Gasteiger partial charge in [0.05, 0.1) is 0 Å². The van der Waals surface area contributed by atoms with Crippen LogP contribution in [-0.2, 0) is 6.42 Å². The van der Waals surface area contributed by atoms with Crippen LogP contribution in [0.2, 0.25) is 0 Å². The van der Waals surface area contributed by atoms with E-state index in [9.17, 15) is 13.6 Å². The quantitative estimate of drug-likeness (QED) is 0.916. The summed E-state index contributed by atoms with van der Waals surface area (Å²) in [6.45, 7) is 4.76. The molecule has 0 bridgehead atoms. The van der Waals surface area contributed by atoms with Gasteiger partial charge >= 0.3 is 6.03 Å². The number of carbonyl (C=O) groups excluding carboxylic acids is 1. The number of hydrogen-bond donors (Lipinski definition) is 1. The van der Waals surface area contributed by atoms with Crippen molar-refractivity contribution in [2.75, 3.05) is 36.4 Å². The van der Waals surface area contributed by atoms with E-state index in [-0.39, 0.29) is 11.7 Å². The third-order valence-electron chi connectivity index (χ3n) is 4.45. The van der Waals surface area contributed by atoms with Crippen LogP contribution in [-0.4, -0.2) is 37.1 Å². The molecule has 1 saturated heterocycles. The fraction of sp³-hybridized carbons (Fsp3) is 0.316. The molecular formula is C19H21F2N3O. The number of amides is 2. The third-order valence-corrected chi connectivity index (χ3v) is 4.45. The Morgan fingerprint density at radius 2 is 1.76 bits per heavy atom. The van der Waals surface area contributed by atoms with Crippen molar-refractivity contribution in [1.29, 1.82) is 0 Å². The monoisotopic (exact) mass is 345 g/mol. The molecule has 2 aromatic carbocycles. The highest BCUT2D eigenvalue weighted by Gasteiger charge is 2.22. The maximum atomic E-state index is 13.2. The van der Waals surface area contributed by atoms with Gasteiger partial charge < -0.3 is 15.1 Å². The Morgan fingerprint density at radius 1 is 1.04 bits per heavy atom. The molecule has 0 saturated carbocycles. The van der Waals surface area contributed by atoms with E-state index in [1.807, 2.05) is 12.1 Å². The van der Waals surface area contributed by atoms with Crippen LogP contribution in [0.15, 0.2) is 42.5 Å². The van der Waals surface area contributed by atoms with Crippen molar-refractivity contribution in [2.45, 2.75) is 13.3 Å². The normalized spacial score (nSPS) is 14.5. The number of urea groups is 1. The molecule has 1 aliphatic heterocycles. The van der Waals surface area contributed by atoms with Crippen molar-refractivity contribution in [3.8, 4) is 0 Å². The minimum atomic E-state index is -0.973. The van der Waals surface area contributed by atoms with E-state index in [4.69, 9.17) is 0 Å². The van der Waals surface area contributed by atoms with E-state index < -0.39 is 11.6 Å². The van der Waals surface area contributed by atoms with Gasteiger partial charge in [-0.25, -0.2) is 13.6 Å². The number of anilines is 2. The number of halogens is 2. The molecule has 0 radical (unpaired) electrons. The average Bonchev–Trinajstić information content (AvgIpc) is 2.65. The van der Waals surface area contributed by atoms with E-state index in [1.165, 1.54) is 17.3 Å². The largest absolute Gasteiger partial charge is 0.368 e. The van der Waals surface area contributed by atoms with Crippen LogP contribution in [0.25, 0.3) is 0 Å². The van der Waals surface area contributed by atoms with Gasteiger partial charge in [-0.1, -0.05) is 25.1 Å². The number of rotatable bonds is 3. The Hall–Kier alpha value is -2.63. The van der Waals surface area contributed by atoms with Crippen LogP contribution in [0.3, 0.4) is 0 Å². The molecule has 0 aromatic heterocycles. The maximum absolute atomic E-state index is 13.2. The van der Waals surface area contributed by atoms with Gasteiger partial charge in [0.25, 0.3) is 0 Å². The predicted molar refractivity (Wildman–Crippen MR) is 95.0 cm³/mol. The Kier molecular flexibility index (Phi) is 5.16. The molecule has 2 amide bonds. The predicted octanol–water partition coefficient (Wildman–Crippen LogP) is 3.88. The number of para-hydroxylation sites is 1. The summed E-state index contributed by atoms with van der Waals surface area (Å²) >= 11 is 0. The molecule has 4 nitrogen and oxygen atoms in total.